The van der Waals surface area contributed by atoms with Gasteiger partial charge in [0.25, 0.3) is 0 Å². The molecule has 1 aromatic heterocycles. The summed E-state index contributed by atoms with van der Waals surface area (Å²) in [5.41, 5.74) is 9.75. The lowest BCUT2D eigenvalue weighted by atomic mass is 9.74. The Morgan fingerprint density at radius 1 is 1.25 bits per heavy atom. The molecular weight excluding hydrogens is 408 g/mol. The first-order valence-corrected chi connectivity index (χ1v) is 11.0. The van der Waals surface area contributed by atoms with E-state index in [0.29, 0.717) is 36.3 Å². The van der Waals surface area contributed by atoms with Crippen LogP contribution in [0.2, 0.25) is 0 Å². The molecule has 0 saturated heterocycles. The van der Waals surface area contributed by atoms with E-state index in [2.05, 4.69) is 28.2 Å². The predicted molar refractivity (Wildman–Crippen MR) is 119 cm³/mol. The number of nitrogens with two attached hydrogens (primary N) is 1. The van der Waals surface area contributed by atoms with Crippen molar-refractivity contribution in [3.8, 4) is 5.88 Å². The van der Waals surface area contributed by atoms with Gasteiger partial charge in [-0.3, -0.25) is 4.79 Å². The van der Waals surface area contributed by atoms with Crippen LogP contribution in [-0.2, 0) is 26.5 Å². The standard InChI is InChI=1S/C24H28N4O4/c1-23(2)20(28-19-21(25)26-13-27-22(19)32-23)15-4-5-17-16(11-15)12-31-24(17)8-6-14(7-9-24)10-18(29)30-3/h4-5,11,13-14H,6-10,12H2,1-3H3,(H2,25,26,27). The number of nitrogens with zero attached hydrogens (tertiary/aromatic N) is 3. The largest absolute Gasteiger partial charge is 0.469 e. The SMILES string of the molecule is COC(=O)CC1CCC2(CC1)OCc1cc(C3=Nc4c(N)ncnc4OC3(C)C)ccc12. The zero-order chi connectivity index (χ0) is 22.5. The van der Waals surface area contributed by atoms with E-state index in [1.165, 1.54) is 24.6 Å². The fraction of sp³-hybridized carbons (Fsp3) is 0.500. The smallest absolute Gasteiger partial charge is 0.305 e. The molecule has 1 spiro atoms. The van der Waals surface area contributed by atoms with Gasteiger partial charge in [0.1, 0.15) is 11.9 Å². The van der Waals surface area contributed by atoms with Gasteiger partial charge < -0.3 is 19.9 Å². The van der Waals surface area contributed by atoms with Gasteiger partial charge >= 0.3 is 5.97 Å². The maximum Gasteiger partial charge on any atom is 0.305 e. The van der Waals surface area contributed by atoms with E-state index in [9.17, 15) is 4.79 Å². The topological polar surface area (TPSA) is 109 Å². The molecule has 0 amide bonds. The second kappa shape index (κ2) is 7.55. The number of methoxy groups -OCH3 is 1. The van der Waals surface area contributed by atoms with Crippen molar-refractivity contribution in [3.05, 3.63) is 41.2 Å². The van der Waals surface area contributed by atoms with Gasteiger partial charge in [-0.1, -0.05) is 12.1 Å². The van der Waals surface area contributed by atoms with Crippen molar-refractivity contribution in [2.45, 2.75) is 63.8 Å². The number of hydrogen-bond acceptors (Lipinski definition) is 8. The van der Waals surface area contributed by atoms with Gasteiger partial charge in [0.05, 0.1) is 25.0 Å². The minimum atomic E-state index is -0.662. The first-order chi connectivity index (χ1) is 15.3. The number of rotatable bonds is 3. The number of hydrogen-bond donors (Lipinski definition) is 1. The summed E-state index contributed by atoms with van der Waals surface area (Å²) in [6.07, 6.45) is 5.62. The van der Waals surface area contributed by atoms with E-state index >= 15 is 0 Å². The van der Waals surface area contributed by atoms with E-state index in [1.807, 2.05) is 13.8 Å². The summed E-state index contributed by atoms with van der Waals surface area (Å²) in [5, 5.41) is 0. The third kappa shape index (κ3) is 3.43. The van der Waals surface area contributed by atoms with Crippen molar-refractivity contribution in [2.24, 2.45) is 10.9 Å². The van der Waals surface area contributed by atoms with E-state index in [1.54, 1.807) is 0 Å². The van der Waals surface area contributed by atoms with Crippen molar-refractivity contribution >= 4 is 23.2 Å². The van der Waals surface area contributed by atoms with Gasteiger partial charge in [0, 0.05) is 12.0 Å². The third-order valence-corrected chi connectivity index (χ3v) is 6.93. The van der Waals surface area contributed by atoms with E-state index in [-0.39, 0.29) is 11.6 Å². The number of aromatic nitrogens is 2. The van der Waals surface area contributed by atoms with Crippen LogP contribution in [0.3, 0.4) is 0 Å². The van der Waals surface area contributed by atoms with Crippen LogP contribution in [0.25, 0.3) is 0 Å². The highest BCUT2D eigenvalue weighted by molar-refractivity contribution is 6.09. The Kier molecular flexibility index (Phi) is 4.93. The Labute approximate surface area is 187 Å². The lowest BCUT2D eigenvalue weighted by Gasteiger charge is -2.37. The van der Waals surface area contributed by atoms with Gasteiger partial charge in [0.15, 0.2) is 11.5 Å². The van der Waals surface area contributed by atoms with Crippen molar-refractivity contribution < 1.29 is 19.0 Å². The molecular formula is C24H28N4O4. The van der Waals surface area contributed by atoms with Crippen LogP contribution in [0.4, 0.5) is 11.5 Å². The average Bonchev–Trinajstić information content (AvgIpc) is 3.12. The number of carbonyl (C=O) groups excluding carboxylic acids is 1. The minimum absolute atomic E-state index is 0.131. The Hall–Kier alpha value is -3.00. The van der Waals surface area contributed by atoms with Gasteiger partial charge in [0.2, 0.25) is 5.88 Å². The number of carbonyl (C=O) groups is 1. The Morgan fingerprint density at radius 3 is 2.78 bits per heavy atom. The van der Waals surface area contributed by atoms with Gasteiger partial charge in [-0.25, -0.2) is 9.98 Å². The number of nitrogen functional groups attached to an aromatic ring is 1. The lowest BCUT2D eigenvalue weighted by Crippen LogP contribution is -2.41. The molecule has 2 N–H and O–H groups in total. The molecule has 1 aliphatic carbocycles. The monoisotopic (exact) mass is 436 g/mol. The van der Waals surface area contributed by atoms with Crippen LogP contribution in [0.5, 0.6) is 5.88 Å². The molecule has 8 nitrogen and oxygen atoms in total. The molecule has 0 atom stereocenters. The molecule has 3 aliphatic rings. The minimum Gasteiger partial charge on any atom is -0.469 e. The summed E-state index contributed by atoms with van der Waals surface area (Å²) in [7, 11) is 1.45. The number of anilines is 1. The highest BCUT2D eigenvalue weighted by Crippen LogP contribution is 2.49. The molecule has 2 aliphatic heterocycles. The van der Waals surface area contributed by atoms with Gasteiger partial charge in [-0.05, 0) is 62.6 Å². The van der Waals surface area contributed by atoms with Crippen LogP contribution < -0.4 is 10.5 Å². The van der Waals surface area contributed by atoms with Crippen molar-refractivity contribution in [1.29, 1.82) is 0 Å². The van der Waals surface area contributed by atoms with Crippen LogP contribution >= 0.6 is 0 Å². The third-order valence-electron chi connectivity index (χ3n) is 6.93. The molecule has 3 heterocycles. The lowest BCUT2D eigenvalue weighted by molar-refractivity contribution is -0.143. The van der Waals surface area contributed by atoms with Crippen LogP contribution in [0.15, 0.2) is 29.5 Å². The molecule has 1 fully saturated rings. The molecule has 2 aromatic rings. The molecule has 168 valence electrons. The molecule has 32 heavy (non-hydrogen) atoms. The molecule has 0 bridgehead atoms. The Bertz CT molecular complexity index is 1100. The quantitative estimate of drug-likeness (QED) is 0.728. The fourth-order valence-corrected chi connectivity index (χ4v) is 5.18. The van der Waals surface area contributed by atoms with Crippen LogP contribution in [0.1, 0.15) is 62.6 Å². The second-order valence-corrected chi connectivity index (χ2v) is 9.36. The Balaban J connectivity index is 1.42. The average molecular weight is 437 g/mol. The summed E-state index contributed by atoms with van der Waals surface area (Å²) >= 11 is 0. The number of fused-ring (bicyclic) bond motifs is 3. The predicted octanol–water partition coefficient (Wildman–Crippen LogP) is 3.83. The molecule has 0 unspecified atom stereocenters. The first-order valence-electron chi connectivity index (χ1n) is 11.0. The first kappa shape index (κ1) is 20.9. The Morgan fingerprint density at radius 2 is 2.03 bits per heavy atom. The zero-order valence-electron chi connectivity index (χ0n) is 18.7. The summed E-state index contributed by atoms with van der Waals surface area (Å²) in [6.45, 7) is 4.52. The normalized spacial score (nSPS) is 25.5. The van der Waals surface area contributed by atoms with Gasteiger partial charge in [-0.15, -0.1) is 0 Å². The molecule has 1 aromatic carbocycles. The summed E-state index contributed by atoms with van der Waals surface area (Å²) < 4.78 is 17.3. The second-order valence-electron chi connectivity index (χ2n) is 9.36. The zero-order valence-corrected chi connectivity index (χ0v) is 18.7. The highest BCUT2D eigenvalue weighted by atomic mass is 16.5. The number of esters is 1. The highest BCUT2D eigenvalue weighted by Gasteiger charge is 2.44. The van der Waals surface area contributed by atoms with Crippen LogP contribution in [0, 0.1) is 5.92 Å². The fourth-order valence-electron chi connectivity index (χ4n) is 5.18. The van der Waals surface area contributed by atoms with E-state index < -0.39 is 5.60 Å². The van der Waals surface area contributed by atoms with Crippen molar-refractivity contribution in [2.75, 3.05) is 12.8 Å². The van der Waals surface area contributed by atoms with E-state index in [0.717, 1.165) is 37.0 Å². The van der Waals surface area contributed by atoms with Gasteiger partial charge in [-0.2, -0.15) is 4.98 Å². The molecule has 0 radical (unpaired) electrons. The number of benzene rings is 1. The number of ether oxygens (including phenoxy) is 3. The summed E-state index contributed by atoms with van der Waals surface area (Å²) in [6, 6.07) is 6.40. The molecule has 1 saturated carbocycles. The van der Waals surface area contributed by atoms with Crippen molar-refractivity contribution in [3.63, 3.8) is 0 Å². The van der Waals surface area contributed by atoms with E-state index in [4.69, 9.17) is 24.9 Å². The maximum atomic E-state index is 11.6. The molecule has 5 rings (SSSR count). The summed E-state index contributed by atoms with van der Waals surface area (Å²) in [4.78, 5) is 24.7. The number of aliphatic imine (C=N–C) groups is 1. The summed E-state index contributed by atoms with van der Waals surface area (Å²) in [5.74, 6) is 0.935. The molecule has 8 heteroatoms. The van der Waals surface area contributed by atoms with Crippen molar-refractivity contribution in [1.82, 2.24) is 9.97 Å². The maximum absolute atomic E-state index is 11.6. The van der Waals surface area contributed by atoms with Crippen LogP contribution in [-0.4, -0.2) is 34.4 Å².